The van der Waals surface area contributed by atoms with Crippen molar-refractivity contribution >= 4 is 5.91 Å². The molecule has 1 aliphatic heterocycles. The molecule has 2 rings (SSSR count). The van der Waals surface area contributed by atoms with E-state index in [9.17, 15) is 4.79 Å². The molecule has 3 atom stereocenters. The predicted molar refractivity (Wildman–Crippen MR) is 41.4 cm³/mol. The summed E-state index contributed by atoms with van der Waals surface area (Å²) in [5, 5.41) is 2.65. The Balaban J connectivity index is 2.16. The van der Waals surface area contributed by atoms with Gasteiger partial charge >= 0.3 is 0 Å². The monoisotopic (exact) mass is 171 g/mol. The Morgan fingerprint density at radius 2 is 2.50 bits per heavy atom. The highest BCUT2D eigenvalue weighted by atomic mass is 16.7. The number of hydrogen-bond donors (Lipinski definition) is 1. The zero-order valence-corrected chi connectivity index (χ0v) is 7.29. The fraction of sp³-hybridized carbons (Fsp3) is 0.875. The summed E-state index contributed by atoms with van der Waals surface area (Å²) in [7, 11) is 3.23. The Hall–Kier alpha value is -0.610. The van der Waals surface area contributed by atoms with E-state index in [-0.39, 0.29) is 17.6 Å². The second kappa shape index (κ2) is 2.44. The van der Waals surface area contributed by atoms with E-state index in [1.807, 2.05) is 0 Å². The van der Waals surface area contributed by atoms with Gasteiger partial charge in [-0.1, -0.05) is 0 Å². The van der Waals surface area contributed by atoms with Crippen molar-refractivity contribution in [2.45, 2.75) is 12.7 Å². The zero-order chi connectivity index (χ0) is 8.77. The second-order valence-electron chi connectivity index (χ2n) is 3.42. The molecule has 0 aromatic heterocycles. The minimum Gasteiger partial charge on any atom is -0.359 e. The number of nitrogens with one attached hydrogen (secondary N) is 1. The van der Waals surface area contributed by atoms with Crippen LogP contribution in [0.1, 0.15) is 6.42 Å². The van der Waals surface area contributed by atoms with Crippen LogP contribution in [0.25, 0.3) is 0 Å². The third kappa shape index (κ3) is 0.765. The van der Waals surface area contributed by atoms with Gasteiger partial charge in [0.25, 0.3) is 0 Å². The lowest BCUT2D eigenvalue weighted by Crippen LogP contribution is -2.38. The first-order valence-electron chi connectivity index (χ1n) is 4.12. The molecule has 1 heterocycles. The molecule has 0 radical (unpaired) electrons. The highest BCUT2D eigenvalue weighted by Gasteiger charge is 2.69. The van der Waals surface area contributed by atoms with E-state index in [1.165, 1.54) is 0 Å². The van der Waals surface area contributed by atoms with E-state index in [4.69, 9.17) is 9.47 Å². The molecule has 1 saturated heterocycles. The van der Waals surface area contributed by atoms with Crippen LogP contribution in [0.3, 0.4) is 0 Å². The van der Waals surface area contributed by atoms with Crippen LogP contribution in [0, 0.1) is 11.3 Å². The SMILES string of the molecule is CNC(=O)C12CC1COC2OC. The first kappa shape index (κ1) is 8.01. The highest BCUT2D eigenvalue weighted by Crippen LogP contribution is 2.60. The molecule has 12 heavy (non-hydrogen) atoms. The minimum atomic E-state index is -0.358. The Morgan fingerprint density at radius 3 is 3.00 bits per heavy atom. The molecule has 4 heteroatoms. The van der Waals surface area contributed by atoms with Gasteiger partial charge in [-0.3, -0.25) is 4.79 Å². The molecule has 0 bridgehead atoms. The van der Waals surface area contributed by atoms with Gasteiger partial charge in [0.1, 0.15) is 5.41 Å². The van der Waals surface area contributed by atoms with Gasteiger partial charge in [0.15, 0.2) is 6.29 Å². The van der Waals surface area contributed by atoms with Crippen molar-refractivity contribution < 1.29 is 14.3 Å². The largest absolute Gasteiger partial charge is 0.359 e. The highest BCUT2D eigenvalue weighted by molar-refractivity contribution is 5.86. The number of fused-ring (bicyclic) bond motifs is 1. The van der Waals surface area contributed by atoms with E-state index >= 15 is 0 Å². The topological polar surface area (TPSA) is 47.6 Å². The molecule has 1 amide bonds. The van der Waals surface area contributed by atoms with Gasteiger partial charge in [-0.25, -0.2) is 0 Å². The van der Waals surface area contributed by atoms with E-state index in [0.29, 0.717) is 12.5 Å². The van der Waals surface area contributed by atoms with Gasteiger partial charge in [0.2, 0.25) is 5.91 Å². The average molecular weight is 171 g/mol. The third-order valence-corrected chi connectivity index (χ3v) is 2.89. The standard InChI is InChI=1S/C8H13NO3/c1-9-6(10)8-3-5(8)4-12-7(8)11-2/h5,7H,3-4H2,1-2H3,(H,9,10). The van der Waals surface area contributed by atoms with E-state index in [2.05, 4.69) is 5.32 Å². The van der Waals surface area contributed by atoms with E-state index in [1.54, 1.807) is 14.2 Å². The van der Waals surface area contributed by atoms with Gasteiger partial charge in [-0.15, -0.1) is 0 Å². The van der Waals surface area contributed by atoms with Crippen LogP contribution >= 0.6 is 0 Å². The first-order valence-corrected chi connectivity index (χ1v) is 4.12. The number of amides is 1. The molecule has 1 aliphatic carbocycles. The summed E-state index contributed by atoms with van der Waals surface area (Å²) in [6.07, 6.45) is 0.577. The summed E-state index contributed by atoms with van der Waals surface area (Å²) >= 11 is 0. The van der Waals surface area contributed by atoms with Crippen molar-refractivity contribution in [3.63, 3.8) is 0 Å². The van der Waals surface area contributed by atoms with Crippen molar-refractivity contribution in [2.75, 3.05) is 20.8 Å². The average Bonchev–Trinajstić information content (AvgIpc) is 2.73. The molecule has 3 unspecified atom stereocenters. The number of carbonyl (C=O) groups excluding carboxylic acids is 1. The summed E-state index contributed by atoms with van der Waals surface area (Å²) < 4.78 is 10.4. The lowest BCUT2D eigenvalue weighted by molar-refractivity contribution is -0.155. The maximum Gasteiger partial charge on any atom is 0.231 e. The molecule has 2 fully saturated rings. The molecule has 0 aromatic rings. The Morgan fingerprint density at radius 1 is 1.75 bits per heavy atom. The van der Waals surface area contributed by atoms with Crippen LogP contribution in [-0.4, -0.2) is 33.0 Å². The summed E-state index contributed by atoms with van der Waals surface area (Å²) in [5.41, 5.74) is -0.358. The lowest BCUT2D eigenvalue weighted by Gasteiger charge is -2.19. The van der Waals surface area contributed by atoms with Gasteiger partial charge in [0, 0.05) is 20.1 Å². The summed E-state index contributed by atoms with van der Waals surface area (Å²) in [4.78, 5) is 11.5. The maximum atomic E-state index is 11.5. The van der Waals surface area contributed by atoms with Gasteiger partial charge in [0.05, 0.1) is 6.61 Å². The maximum absolute atomic E-state index is 11.5. The Kier molecular flexibility index (Phi) is 1.63. The first-order chi connectivity index (χ1) is 5.75. The number of hydrogen-bond acceptors (Lipinski definition) is 3. The quantitative estimate of drug-likeness (QED) is 0.622. The van der Waals surface area contributed by atoms with Crippen LogP contribution < -0.4 is 5.32 Å². The molecule has 2 aliphatic rings. The summed E-state index contributed by atoms with van der Waals surface area (Å²) in [5.74, 6) is 0.430. The van der Waals surface area contributed by atoms with E-state index in [0.717, 1.165) is 6.42 Å². The molecular formula is C8H13NO3. The van der Waals surface area contributed by atoms with Crippen LogP contribution in [0.4, 0.5) is 0 Å². The fourth-order valence-electron chi connectivity index (χ4n) is 2.09. The predicted octanol–water partition coefficient (Wildman–Crippen LogP) is -0.259. The van der Waals surface area contributed by atoms with Crippen LogP contribution in [0.2, 0.25) is 0 Å². The molecule has 0 spiro atoms. The summed E-state index contributed by atoms with van der Waals surface area (Å²) in [6.45, 7) is 0.659. The minimum absolute atomic E-state index is 0.0526. The molecule has 0 aromatic carbocycles. The Bertz CT molecular complexity index is 218. The molecule has 4 nitrogen and oxygen atoms in total. The van der Waals surface area contributed by atoms with Gasteiger partial charge in [-0.05, 0) is 6.42 Å². The lowest BCUT2D eigenvalue weighted by atomic mass is 10.0. The van der Waals surface area contributed by atoms with Crippen molar-refractivity contribution in [3.05, 3.63) is 0 Å². The number of rotatable bonds is 2. The van der Waals surface area contributed by atoms with E-state index < -0.39 is 0 Å². The van der Waals surface area contributed by atoms with Gasteiger partial charge in [-0.2, -0.15) is 0 Å². The number of methoxy groups -OCH3 is 1. The smallest absolute Gasteiger partial charge is 0.231 e. The van der Waals surface area contributed by atoms with Crippen molar-refractivity contribution in [1.82, 2.24) is 5.32 Å². The molecule has 1 N–H and O–H groups in total. The third-order valence-electron chi connectivity index (χ3n) is 2.89. The van der Waals surface area contributed by atoms with Crippen LogP contribution in [-0.2, 0) is 14.3 Å². The molecule has 68 valence electrons. The fourth-order valence-corrected chi connectivity index (χ4v) is 2.09. The number of carbonyl (C=O) groups is 1. The Labute approximate surface area is 71.2 Å². The normalized spacial score (nSPS) is 43.8. The van der Waals surface area contributed by atoms with Gasteiger partial charge < -0.3 is 14.8 Å². The van der Waals surface area contributed by atoms with Crippen LogP contribution in [0.5, 0.6) is 0 Å². The van der Waals surface area contributed by atoms with Crippen molar-refractivity contribution in [1.29, 1.82) is 0 Å². The second-order valence-corrected chi connectivity index (χ2v) is 3.42. The van der Waals surface area contributed by atoms with Crippen LogP contribution in [0.15, 0.2) is 0 Å². The van der Waals surface area contributed by atoms with Crippen molar-refractivity contribution in [3.8, 4) is 0 Å². The number of ether oxygens (including phenoxy) is 2. The molecule has 1 saturated carbocycles. The summed E-state index contributed by atoms with van der Waals surface area (Å²) in [6, 6.07) is 0. The zero-order valence-electron chi connectivity index (χ0n) is 7.29. The van der Waals surface area contributed by atoms with Crippen molar-refractivity contribution in [2.24, 2.45) is 11.3 Å². The molecular weight excluding hydrogens is 158 g/mol.